The Balaban J connectivity index is 3.01. The van der Waals surface area contributed by atoms with Crippen LogP contribution in [0.25, 0.3) is 0 Å². The molecule has 3 nitrogen and oxygen atoms in total. The van der Waals surface area contributed by atoms with Crippen molar-refractivity contribution < 1.29 is 9.53 Å². The van der Waals surface area contributed by atoms with E-state index < -0.39 is 6.04 Å². The van der Waals surface area contributed by atoms with Gasteiger partial charge in [0.1, 0.15) is 5.75 Å². The van der Waals surface area contributed by atoms with Crippen LogP contribution in [-0.4, -0.2) is 18.9 Å². The first-order valence-corrected chi connectivity index (χ1v) is 5.61. The van der Waals surface area contributed by atoms with E-state index in [9.17, 15) is 4.79 Å². The molecule has 0 aliphatic carbocycles. The van der Waals surface area contributed by atoms with Crippen LogP contribution in [0.1, 0.15) is 30.1 Å². The summed E-state index contributed by atoms with van der Waals surface area (Å²) in [5.41, 5.74) is 6.24. The second-order valence-corrected chi connectivity index (χ2v) is 4.04. The lowest BCUT2D eigenvalue weighted by atomic mass is 10.0. The zero-order valence-electron chi connectivity index (χ0n) is 9.50. The van der Waals surface area contributed by atoms with Gasteiger partial charge < -0.3 is 10.5 Å². The molecule has 0 aliphatic rings. The molecule has 0 amide bonds. The van der Waals surface area contributed by atoms with Crippen molar-refractivity contribution in [3.05, 3.63) is 28.8 Å². The van der Waals surface area contributed by atoms with Crippen LogP contribution in [0.4, 0.5) is 0 Å². The van der Waals surface area contributed by atoms with Crippen LogP contribution in [0.15, 0.2) is 18.2 Å². The third kappa shape index (κ3) is 2.97. The van der Waals surface area contributed by atoms with Gasteiger partial charge in [-0.15, -0.1) is 0 Å². The summed E-state index contributed by atoms with van der Waals surface area (Å²) in [7, 11) is 1.52. The SMILES string of the molecule is CCCC(N)C(=O)c1cc(Cl)ccc1OC. The molecule has 0 saturated carbocycles. The van der Waals surface area contributed by atoms with E-state index in [-0.39, 0.29) is 5.78 Å². The number of Topliss-reactive ketones (excluding diaryl/α,β-unsaturated/α-hetero) is 1. The van der Waals surface area contributed by atoms with Gasteiger partial charge >= 0.3 is 0 Å². The molecule has 16 heavy (non-hydrogen) atoms. The minimum absolute atomic E-state index is 0.124. The predicted octanol–water partition coefficient (Wildman–Crippen LogP) is 2.66. The quantitative estimate of drug-likeness (QED) is 0.807. The van der Waals surface area contributed by atoms with E-state index in [4.69, 9.17) is 22.1 Å². The Labute approximate surface area is 101 Å². The van der Waals surface area contributed by atoms with Gasteiger partial charge in [0.05, 0.1) is 18.7 Å². The van der Waals surface area contributed by atoms with E-state index in [2.05, 4.69) is 0 Å². The van der Waals surface area contributed by atoms with Crippen LogP contribution >= 0.6 is 11.6 Å². The number of hydrogen-bond donors (Lipinski definition) is 1. The fraction of sp³-hybridized carbons (Fsp3) is 0.417. The summed E-state index contributed by atoms with van der Waals surface area (Å²) < 4.78 is 5.11. The first kappa shape index (κ1) is 13.0. The molecule has 1 rings (SSSR count). The van der Waals surface area contributed by atoms with Crippen LogP contribution in [0.5, 0.6) is 5.75 Å². The monoisotopic (exact) mass is 241 g/mol. The lowest BCUT2D eigenvalue weighted by Crippen LogP contribution is -2.30. The fourth-order valence-electron chi connectivity index (χ4n) is 1.51. The molecule has 88 valence electrons. The van der Waals surface area contributed by atoms with Gasteiger partial charge in [-0.3, -0.25) is 4.79 Å². The number of hydrogen-bond acceptors (Lipinski definition) is 3. The predicted molar refractivity (Wildman–Crippen MR) is 65.2 cm³/mol. The summed E-state index contributed by atoms with van der Waals surface area (Å²) in [6, 6.07) is 4.46. The number of ketones is 1. The number of rotatable bonds is 5. The van der Waals surface area contributed by atoms with Crippen molar-refractivity contribution in [2.24, 2.45) is 5.73 Å². The summed E-state index contributed by atoms with van der Waals surface area (Å²) in [5.74, 6) is 0.391. The number of nitrogens with two attached hydrogens (primary N) is 1. The summed E-state index contributed by atoms with van der Waals surface area (Å²) >= 11 is 5.85. The van der Waals surface area contributed by atoms with Gasteiger partial charge in [0.2, 0.25) is 0 Å². The molecular weight excluding hydrogens is 226 g/mol. The average molecular weight is 242 g/mol. The number of methoxy groups -OCH3 is 1. The van der Waals surface area contributed by atoms with Crippen LogP contribution in [0, 0.1) is 0 Å². The molecule has 0 spiro atoms. The Morgan fingerprint density at radius 1 is 1.56 bits per heavy atom. The Morgan fingerprint density at radius 3 is 2.81 bits per heavy atom. The highest BCUT2D eigenvalue weighted by atomic mass is 35.5. The van der Waals surface area contributed by atoms with Crippen molar-refractivity contribution >= 4 is 17.4 Å². The molecule has 0 bridgehead atoms. The van der Waals surface area contributed by atoms with E-state index >= 15 is 0 Å². The van der Waals surface area contributed by atoms with Crippen molar-refractivity contribution in [1.82, 2.24) is 0 Å². The van der Waals surface area contributed by atoms with Gasteiger partial charge in [-0.2, -0.15) is 0 Å². The molecule has 0 aliphatic heterocycles. The summed E-state index contributed by atoms with van der Waals surface area (Å²) in [4.78, 5) is 12.0. The van der Waals surface area contributed by atoms with Gasteiger partial charge in [0.25, 0.3) is 0 Å². The van der Waals surface area contributed by atoms with E-state index in [1.165, 1.54) is 7.11 Å². The molecular formula is C12H16ClNO2. The molecule has 1 atom stereocenters. The Kier molecular flexibility index (Phi) is 4.77. The van der Waals surface area contributed by atoms with Gasteiger partial charge in [-0.05, 0) is 24.6 Å². The van der Waals surface area contributed by atoms with Crippen molar-refractivity contribution in [3.8, 4) is 5.75 Å². The molecule has 0 heterocycles. The van der Waals surface area contributed by atoms with E-state index in [0.29, 0.717) is 22.8 Å². The average Bonchev–Trinajstić information content (AvgIpc) is 2.28. The van der Waals surface area contributed by atoms with Crippen LogP contribution < -0.4 is 10.5 Å². The van der Waals surface area contributed by atoms with Crippen LogP contribution in [0.3, 0.4) is 0 Å². The Bertz CT molecular complexity index is 379. The highest BCUT2D eigenvalue weighted by Crippen LogP contribution is 2.24. The largest absolute Gasteiger partial charge is 0.496 e. The Morgan fingerprint density at radius 2 is 2.25 bits per heavy atom. The highest BCUT2D eigenvalue weighted by Gasteiger charge is 2.19. The minimum Gasteiger partial charge on any atom is -0.496 e. The maximum absolute atomic E-state index is 12.0. The molecule has 2 N–H and O–H groups in total. The van der Waals surface area contributed by atoms with Crippen molar-refractivity contribution in [2.75, 3.05) is 7.11 Å². The maximum Gasteiger partial charge on any atom is 0.183 e. The fourth-order valence-corrected chi connectivity index (χ4v) is 1.69. The molecule has 1 aromatic carbocycles. The third-order valence-corrected chi connectivity index (χ3v) is 2.60. The number of carbonyl (C=O) groups excluding carboxylic acids is 1. The number of halogens is 1. The van der Waals surface area contributed by atoms with Crippen LogP contribution in [0.2, 0.25) is 5.02 Å². The molecule has 1 aromatic rings. The lowest BCUT2D eigenvalue weighted by molar-refractivity contribution is 0.0954. The Hall–Kier alpha value is -1.06. The molecule has 0 radical (unpaired) electrons. The third-order valence-electron chi connectivity index (χ3n) is 2.36. The summed E-state index contributed by atoms with van der Waals surface area (Å²) in [6.45, 7) is 1.99. The number of benzene rings is 1. The molecule has 0 aromatic heterocycles. The molecule has 1 unspecified atom stereocenters. The number of ether oxygens (including phenoxy) is 1. The van der Waals surface area contributed by atoms with Crippen molar-refractivity contribution in [2.45, 2.75) is 25.8 Å². The standard InChI is InChI=1S/C12H16ClNO2/c1-3-4-10(14)12(15)9-7-8(13)5-6-11(9)16-2/h5-7,10H,3-4,14H2,1-2H3. The van der Waals surface area contributed by atoms with E-state index in [0.717, 1.165) is 6.42 Å². The smallest absolute Gasteiger partial charge is 0.183 e. The normalized spacial score (nSPS) is 12.2. The highest BCUT2D eigenvalue weighted by molar-refractivity contribution is 6.31. The zero-order chi connectivity index (χ0) is 12.1. The van der Waals surface area contributed by atoms with Crippen molar-refractivity contribution in [3.63, 3.8) is 0 Å². The number of carbonyl (C=O) groups is 1. The van der Waals surface area contributed by atoms with Gasteiger partial charge in [0, 0.05) is 5.02 Å². The van der Waals surface area contributed by atoms with Gasteiger partial charge in [0.15, 0.2) is 5.78 Å². The van der Waals surface area contributed by atoms with Crippen LogP contribution in [-0.2, 0) is 0 Å². The summed E-state index contributed by atoms with van der Waals surface area (Å²) in [5, 5.41) is 0.507. The van der Waals surface area contributed by atoms with Gasteiger partial charge in [-0.25, -0.2) is 0 Å². The summed E-state index contributed by atoms with van der Waals surface area (Å²) in [6.07, 6.45) is 1.53. The zero-order valence-corrected chi connectivity index (χ0v) is 10.3. The molecule has 0 fully saturated rings. The first-order chi connectivity index (χ1) is 7.60. The molecule has 0 saturated heterocycles. The van der Waals surface area contributed by atoms with E-state index in [1.807, 2.05) is 6.92 Å². The minimum atomic E-state index is -0.489. The van der Waals surface area contributed by atoms with Crippen molar-refractivity contribution in [1.29, 1.82) is 0 Å². The lowest BCUT2D eigenvalue weighted by Gasteiger charge is -2.12. The second-order valence-electron chi connectivity index (χ2n) is 3.60. The molecule has 4 heteroatoms. The second kappa shape index (κ2) is 5.87. The maximum atomic E-state index is 12.0. The van der Waals surface area contributed by atoms with E-state index in [1.54, 1.807) is 18.2 Å². The topological polar surface area (TPSA) is 52.3 Å². The van der Waals surface area contributed by atoms with Gasteiger partial charge in [-0.1, -0.05) is 24.9 Å². The first-order valence-electron chi connectivity index (χ1n) is 5.23.